The van der Waals surface area contributed by atoms with Crippen LogP contribution in [0.3, 0.4) is 0 Å². The standard InChI is InChI=1S/C26H20FN5O2/c27-19-8-6-18(7-9-19)23-22-13-32(25(33)34-14-17-4-2-1-3-5-17)11-10-20(22)21(12-28)24(31)26(23,15-29)16-30/h1-10,22-23H,11,13-14,31H2. The SMILES string of the molecule is N#CC1=C(N)C(C#N)(C#N)C(c2ccc(F)cc2)C2CN(C(=O)OCc3ccccc3)CC=C12. The van der Waals surface area contributed by atoms with E-state index in [1.54, 1.807) is 6.08 Å². The number of carbonyl (C=O) groups is 1. The van der Waals surface area contributed by atoms with Gasteiger partial charge in [0.25, 0.3) is 0 Å². The molecule has 34 heavy (non-hydrogen) atoms. The molecule has 7 nitrogen and oxygen atoms in total. The number of nitrogens with two attached hydrogens (primary N) is 1. The maximum Gasteiger partial charge on any atom is 0.410 e. The molecule has 0 saturated heterocycles. The molecule has 2 aromatic rings. The fourth-order valence-corrected chi connectivity index (χ4v) is 4.69. The molecular formula is C26H20FN5O2. The normalized spacial score (nSPS) is 20.8. The number of ether oxygens (including phenoxy) is 1. The predicted molar refractivity (Wildman–Crippen MR) is 119 cm³/mol. The summed E-state index contributed by atoms with van der Waals surface area (Å²) in [6, 6.07) is 20.8. The lowest BCUT2D eigenvalue weighted by atomic mass is 9.58. The summed E-state index contributed by atoms with van der Waals surface area (Å²) in [6.45, 7) is 0.376. The van der Waals surface area contributed by atoms with Gasteiger partial charge in [-0.3, -0.25) is 0 Å². The second-order valence-corrected chi connectivity index (χ2v) is 8.17. The molecule has 2 aliphatic rings. The highest BCUT2D eigenvalue weighted by Gasteiger charge is 2.54. The van der Waals surface area contributed by atoms with Crippen LogP contribution in [0.5, 0.6) is 0 Å². The Balaban J connectivity index is 1.73. The molecule has 1 amide bonds. The van der Waals surface area contributed by atoms with Crippen LogP contribution in [0, 0.1) is 51.1 Å². The molecule has 2 atom stereocenters. The molecule has 0 saturated carbocycles. The summed E-state index contributed by atoms with van der Waals surface area (Å²) in [7, 11) is 0. The summed E-state index contributed by atoms with van der Waals surface area (Å²) < 4.78 is 19.1. The summed E-state index contributed by atoms with van der Waals surface area (Å²) in [4.78, 5) is 14.3. The van der Waals surface area contributed by atoms with E-state index in [0.29, 0.717) is 11.1 Å². The van der Waals surface area contributed by atoms with E-state index in [1.165, 1.54) is 29.2 Å². The van der Waals surface area contributed by atoms with E-state index < -0.39 is 29.2 Å². The fraction of sp³-hybridized carbons (Fsp3) is 0.231. The number of allylic oxidation sites excluding steroid dienone is 2. The molecule has 0 bridgehead atoms. The number of rotatable bonds is 3. The summed E-state index contributed by atoms with van der Waals surface area (Å²) in [6.07, 6.45) is 1.15. The van der Waals surface area contributed by atoms with Gasteiger partial charge in [-0.15, -0.1) is 0 Å². The Hall–Kier alpha value is -4.61. The Morgan fingerprint density at radius 3 is 2.41 bits per heavy atom. The number of nitrogens with zero attached hydrogens (tertiary/aromatic N) is 4. The molecule has 1 aliphatic carbocycles. The molecule has 168 valence electrons. The van der Waals surface area contributed by atoms with Gasteiger partial charge >= 0.3 is 6.09 Å². The van der Waals surface area contributed by atoms with Crippen LogP contribution in [0.25, 0.3) is 0 Å². The molecule has 4 rings (SSSR count). The van der Waals surface area contributed by atoms with Crippen LogP contribution >= 0.6 is 0 Å². The van der Waals surface area contributed by atoms with E-state index in [0.717, 1.165) is 5.56 Å². The van der Waals surface area contributed by atoms with E-state index in [2.05, 4.69) is 0 Å². The van der Waals surface area contributed by atoms with Crippen LogP contribution in [0.15, 0.2) is 77.5 Å². The molecule has 0 radical (unpaired) electrons. The first kappa shape index (κ1) is 22.6. The molecule has 0 aromatic heterocycles. The highest BCUT2D eigenvalue weighted by molar-refractivity contribution is 5.69. The lowest BCUT2D eigenvalue weighted by Gasteiger charge is -2.45. The van der Waals surface area contributed by atoms with Crippen molar-refractivity contribution in [1.29, 1.82) is 15.8 Å². The average molecular weight is 453 g/mol. The molecule has 2 unspecified atom stereocenters. The number of nitriles is 3. The van der Waals surface area contributed by atoms with E-state index in [4.69, 9.17) is 10.5 Å². The largest absolute Gasteiger partial charge is 0.445 e. The number of halogens is 1. The monoisotopic (exact) mass is 453 g/mol. The van der Waals surface area contributed by atoms with Crippen molar-refractivity contribution in [2.45, 2.75) is 12.5 Å². The van der Waals surface area contributed by atoms with Crippen LogP contribution in [0.2, 0.25) is 0 Å². The van der Waals surface area contributed by atoms with Crippen molar-refractivity contribution in [3.8, 4) is 18.2 Å². The van der Waals surface area contributed by atoms with Crippen LogP contribution in [0.1, 0.15) is 17.0 Å². The molecule has 2 N–H and O–H groups in total. The zero-order valence-electron chi connectivity index (χ0n) is 18.1. The van der Waals surface area contributed by atoms with Crippen molar-refractivity contribution < 1.29 is 13.9 Å². The average Bonchev–Trinajstić information content (AvgIpc) is 2.88. The quantitative estimate of drug-likeness (QED) is 0.751. The minimum Gasteiger partial charge on any atom is -0.445 e. The number of hydrogen-bond donors (Lipinski definition) is 1. The van der Waals surface area contributed by atoms with Gasteiger partial charge in [0.1, 0.15) is 18.5 Å². The van der Waals surface area contributed by atoms with Crippen LogP contribution in [-0.4, -0.2) is 24.1 Å². The number of carbonyl (C=O) groups excluding carboxylic acids is 1. The van der Waals surface area contributed by atoms with Crippen molar-refractivity contribution in [1.82, 2.24) is 4.90 Å². The second kappa shape index (κ2) is 9.10. The van der Waals surface area contributed by atoms with E-state index in [-0.39, 0.29) is 31.0 Å². The molecule has 2 aromatic carbocycles. The van der Waals surface area contributed by atoms with Gasteiger partial charge in [0.15, 0.2) is 5.41 Å². The highest BCUT2D eigenvalue weighted by atomic mass is 19.1. The second-order valence-electron chi connectivity index (χ2n) is 8.17. The van der Waals surface area contributed by atoms with Gasteiger partial charge in [0.05, 0.1) is 23.4 Å². The van der Waals surface area contributed by atoms with Crippen LogP contribution in [0.4, 0.5) is 9.18 Å². The van der Waals surface area contributed by atoms with Crippen molar-refractivity contribution >= 4 is 6.09 Å². The highest BCUT2D eigenvalue weighted by Crippen LogP contribution is 2.54. The fourth-order valence-electron chi connectivity index (χ4n) is 4.69. The Labute approximate surface area is 196 Å². The minimum atomic E-state index is -1.86. The zero-order chi connectivity index (χ0) is 24.3. The number of fused-ring (bicyclic) bond motifs is 1. The third-order valence-electron chi connectivity index (χ3n) is 6.36. The Morgan fingerprint density at radius 1 is 1.12 bits per heavy atom. The van der Waals surface area contributed by atoms with Crippen molar-refractivity contribution in [3.05, 3.63) is 94.5 Å². The van der Waals surface area contributed by atoms with Gasteiger partial charge in [-0.2, -0.15) is 15.8 Å². The third-order valence-corrected chi connectivity index (χ3v) is 6.36. The van der Waals surface area contributed by atoms with Crippen molar-refractivity contribution in [2.24, 2.45) is 17.1 Å². The van der Waals surface area contributed by atoms with Gasteiger partial charge in [0.2, 0.25) is 0 Å². The number of hydrogen-bond acceptors (Lipinski definition) is 6. The van der Waals surface area contributed by atoms with Crippen molar-refractivity contribution in [3.63, 3.8) is 0 Å². The Morgan fingerprint density at radius 2 is 1.79 bits per heavy atom. The predicted octanol–water partition coefficient (Wildman–Crippen LogP) is 3.89. The minimum absolute atomic E-state index is 0.0729. The first-order valence-electron chi connectivity index (χ1n) is 10.6. The van der Waals surface area contributed by atoms with Crippen LogP contribution < -0.4 is 5.73 Å². The molecular weight excluding hydrogens is 433 g/mol. The number of amides is 1. The van der Waals surface area contributed by atoms with E-state index in [1.807, 2.05) is 48.5 Å². The number of benzene rings is 2. The first-order valence-corrected chi connectivity index (χ1v) is 10.6. The van der Waals surface area contributed by atoms with Crippen molar-refractivity contribution in [2.75, 3.05) is 13.1 Å². The Bertz CT molecular complexity index is 1280. The smallest absolute Gasteiger partial charge is 0.410 e. The summed E-state index contributed by atoms with van der Waals surface area (Å²) in [5, 5.41) is 30.0. The molecule has 1 heterocycles. The maximum atomic E-state index is 13.6. The van der Waals surface area contributed by atoms with E-state index >= 15 is 0 Å². The third kappa shape index (κ3) is 3.74. The van der Waals surface area contributed by atoms with Crippen LogP contribution in [-0.2, 0) is 11.3 Å². The molecule has 1 aliphatic heterocycles. The molecule has 0 spiro atoms. The lowest BCUT2D eigenvalue weighted by Crippen LogP contribution is -2.49. The van der Waals surface area contributed by atoms with Gasteiger partial charge in [-0.1, -0.05) is 48.5 Å². The Kier molecular flexibility index (Phi) is 6.04. The summed E-state index contributed by atoms with van der Waals surface area (Å²) in [5.74, 6) is -1.88. The van der Waals surface area contributed by atoms with Gasteiger partial charge < -0.3 is 15.4 Å². The topological polar surface area (TPSA) is 127 Å². The zero-order valence-corrected chi connectivity index (χ0v) is 18.1. The molecule has 0 fully saturated rings. The summed E-state index contributed by atoms with van der Waals surface area (Å²) in [5.41, 5.74) is 6.26. The van der Waals surface area contributed by atoms with Gasteiger partial charge in [-0.25, -0.2) is 9.18 Å². The van der Waals surface area contributed by atoms with Gasteiger partial charge in [-0.05, 0) is 28.8 Å². The lowest BCUT2D eigenvalue weighted by molar-refractivity contribution is 0.0898. The first-order chi connectivity index (χ1) is 16.4. The molecule has 8 heteroatoms. The maximum absolute atomic E-state index is 13.6. The summed E-state index contributed by atoms with van der Waals surface area (Å²) >= 11 is 0. The van der Waals surface area contributed by atoms with E-state index in [9.17, 15) is 25.0 Å². The van der Waals surface area contributed by atoms with Gasteiger partial charge in [0, 0.05) is 24.9 Å².